The van der Waals surface area contributed by atoms with Gasteiger partial charge in [0.25, 0.3) is 11.5 Å². The molecule has 1 heterocycles. The van der Waals surface area contributed by atoms with Crippen molar-refractivity contribution in [1.82, 2.24) is 14.7 Å². The van der Waals surface area contributed by atoms with Gasteiger partial charge in [0.2, 0.25) is 0 Å². The van der Waals surface area contributed by atoms with Crippen LogP contribution in [0.1, 0.15) is 16.1 Å². The van der Waals surface area contributed by atoms with E-state index in [4.69, 9.17) is 16.3 Å². The van der Waals surface area contributed by atoms with Gasteiger partial charge in [0, 0.05) is 31.0 Å². The quantitative estimate of drug-likeness (QED) is 0.615. The molecule has 28 heavy (non-hydrogen) atoms. The molecule has 0 spiro atoms. The molecule has 0 aliphatic rings. The molecular weight excluding hydrogens is 382 g/mol. The van der Waals surface area contributed by atoms with Gasteiger partial charge in [0.15, 0.2) is 12.3 Å². The number of nitrogens with zero attached hydrogens (tertiary/aromatic N) is 3. The molecule has 0 radical (unpaired) electrons. The highest BCUT2D eigenvalue weighted by Crippen LogP contribution is 2.14. The van der Waals surface area contributed by atoms with Crippen molar-refractivity contribution in [1.29, 1.82) is 0 Å². The van der Waals surface area contributed by atoms with Crippen LogP contribution in [0.5, 0.6) is 0 Å². The molecular formula is C20H18ClN3O4. The van der Waals surface area contributed by atoms with E-state index in [1.54, 1.807) is 43.4 Å². The maximum Gasteiger partial charge on any atom is 0.359 e. The Hall–Kier alpha value is -3.19. The summed E-state index contributed by atoms with van der Waals surface area (Å²) in [5, 5.41) is 5.35. The highest BCUT2D eigenvalue weighted by Gasteiger charge is 2.19. The molecule has 2 aromatic carbocycles. The summed E-state index contributed by atoms with van der Waals surface area (Å²) in [7, 11) is 3.07. The van der Waals surface area contributed by atoms with Crippen LogP contribution in [-0.2, 0) is 23.1 Å². The summed E-state index contributed by atoms with van der Waals surface area (Å²) in [6, 6.07) is 13.8. The lowest BCUT2D eigenvalue weighted by molar-refractivity contribution is -0.133. The number of likely N-dealkylation sites (N-methyl/N-ethyl adjacent to an activating group) is 1. The standard InChI is InChI=1S/C20H18ClN3O4/c1-23(11-13-7-9-14(21)10-8-13)17(25)12-28-20(27)18-15-5-3-4-6-16(15)19(26)24(2)22-18/h3-10H,11-12H2,1-2H3. The van der Waals surface area contributed by atoms with E-state index >= 15 is 0 Å². The maximum absolute atomic E-state index is 12.5. The Balaban J connectivity index is 1.69. The predicted octanol–water partition coefficient (Wildman–Crippen LogP) is 2.40. The molecule has 3 aromatic rings. The van der Waals surface area contributed by atoms with Crippen molar-refractivity contribution in [2.24, 2.45) is 7.05 Å². The van der Waals surface area contributed by atoms with Crippen molar-refractivity contribution in [3.63, 3.8) is 0 Å². The van der Waals surface area contributed by atoms with Crippen molar-refractivity contribution < 1.29 is 14.3 Å². The highest BCUT2D eigenvalue weighted by molar-refractivity contribution is 6.30. The minimum absolute atomic E-state index is 0.00847. The Labute approximate surface area is 166 Å². The molecule has 1 aromatic heterocycles. The minimum atomic E-state index is -0.764. The highest BCUT2D eigenvalue weighted by atomic mass is 35.5. The van der Waals surface area contributed by atoms with Crippen LogP contribution in [0.3, 0.4) is 0 Å². The minimum Gasteiger partial charge on any atom is -0.451 e. The molecule has 0 aliphatic carbocycles. The van der Waals surface area contributed by atoms with Gasteiger partial charge in [-0.2, -0.15) is 5.10 Å². The van der Waals surface area contributed by atoms with Crippen LogP contribution in [0.15, 0.2) is 53.3 Å². The third kappa shape index (κ3) is 4.20. The lowest BCUT2D eigenvalue weighted by atomic mass is 10.1. The normalized spacial score (nSPS) is 10.7. The second-order valence-electron chi connectivity index (χ2n) is 6.28. The zero-order chi connectivity index (χ0) is 20.3. The zero-order valence-corrected chi connectivity index (χ0v) is 16.1. The fourth-order valence-corrected chi connectivity index (χ4v) is 2.83. The summed E-state index contributed by atoms with van der Waals surface area (Å²) < 4.78 is 6.22. The maximum atomic E-state index is 12.5. The van der Waals surface area contributed by atoms with Crippen LogP contribution in [0.25, 0.3) is 10.8 Å². The monoisotopic (exact) mass is 399 g/mol. The van der Waals surface area contributed by atoms with E-state index in [9.17, 15) is 14.4 Å². The van der Waals surface area contributed by atoms with Crippen molar-refractivity contribution >= 4 is 34.2 Å². The number of hydrogen-bond donors (Lipinski definition) is 0. The first kappa shape index (κ1) is 19.6. The summed E-state index contributed by atoms with van der Waals surface area (Å²) >= 11 is 5.85. The Morgan fingerprint density at radius 3 is 2.43 bits per heavy atom. The lowest BCUT2D eigenvalue weighted by Crippen LogP contribution is -2.31. The average Bonchev–Trinajstić information content (AvgIpc) is 2.70. The van der Waals surface area contributed by atoms with Gasteiger partial charge in [-0.15, -0.1) is 0 Å². The predicted molar refractivity (Wildman–Crippen MR) is 105 cm³/mol. The van der Waals surface area contributed by atoms with Crippen LogP contribution >= 0.6 is 11.6 Å². The smallest absolute Gasteiger partial charge is 0.359 e. The van der Waals surface area contributed by atoms with Gasteiger partial charge in [0.05, 0.1) is 5.39 Å². The Morgan fingerprint density at radius 1 is 1.11 bits per heavy atom. The molecule has 0 saturated heterocycles. The third-order valence-electron chi connectivity index (χ3n) is 4.24. The van der Waals surface area contributed by atoms with Gasteiger partial charge in [-0.25, -0.2) is 9.48 Å². The SMILES string of the molecule is CN(Cc1ccc(Cl)cc1)C(=O)COC(=O)c1nn(C)c(=O)c2ccccc12. The fraction of sp³-hybridized carbons (Fsp3) is 0.200. The largest absolute Gasteiger partial charge is 0.451 e. The Morgan fingerprint density at radius 2 is 1.75 bits per heavy atom. The molecule has 0 saturated carbocycles. The first-order valence-corrected chi connectivity index (χ1v) is 8.86. The number of halogens is 1. The number of aromatic nitrogens is 2. The molecule has 0 bridgehead atoms. The van der Waals surface area contributed by atoms with Gasteiger partial charge < -0.3 is 9.64 Å². The summed E-state index contributed by atoms with van der Waals surface area (Å²) in [5.41, 5.74) is 0.578. The van der Waals surface area contributed by atoms with Crippen LogP contribution in [0.4, 0.5) is 0 Å². The first-order valence-electron chi connectivity index (χ1n) is 8.48. The molecule has 0 aliphatic heterocycles. The van der Waals surface area contributed by atoms with E-state index in [1.165, 1.54) is 11.9 Å². The van der Waals surface area contributed by atoms with E-state index in [0.717, 1.165) is 10.2 Å². The summed E-state index contributed by atoms with van der Waals surface area (Å²) in [5.74, 6) is -1.13. The number of carbonyl (C=O) groups excluding carboxylic acids is 2. The number of esters is 1. The van der Waals surface area contributed by atoms with Crippen molar-refractivity contribution in [2.45, 2.75) is 6.54 Å². The number of ether oxygens (including phenoxy) is 1. The number of carbonyl (C=O) groups is 2. The average molecular weight is 400 g/mol. The first-order chi connectivity index (χ1) is 13.4. The lowest BCUT2D eigenvalue weighted by Gasteiger charge is -2.17. The van der Waals surface area contributed by atoms with Gasteiger partial charge in [-0.1, -0.05) is 41.9 Å². The number of fused-ring (bicyclic) bond motifs is 1. The second kappa shape index (κ2) is 8.22. The summed E-state index contributed by atoms with van der Waals surface area (Å²) in [6.45, 7) is -0.0731. The molecule has 144 valence electrons. The molecule has 7 nitrogen and oxygen atoms in total. The number of benzene rings is 2. The van der Waals surface area contributed by atoms with Crippen molar-refractivity contribution in [3.05, 3.63) is 75.2 Å². The third-order valence-corrected chi connectivity index (χ3v) is 4.49. The second-order valence-corrected chi connectivity index (χ2v) is 6.71. The van der Waals surface area contributed by atoms with Crippen LogP contribution in [0.2, 0.25) is 5.02 Å². The molecule has 1 amide bonds. The zero-order valence-electron chi connectivity index (χ0n) is 15.4. The van der Waals surface area contributed by atoms with Gasteiger partial charge in [0.1, 0.15) is 0 Å². The van der Waals surface area contributed by atoms with E-state index in [1.807, 2.05) is 12.1 Å². The molecule has 0 atom stereocenters. The molecule has 0 fully saturated rings. The van der Waals surface area contributed by atoms with Crippen molar-refractivity contribution in [2.75, 3.05) is 13.7 Å². The van der Waals surface area contributed by atoms with Gasteiger partial charge >= 0.3 is 5.97 Å². The Bertz CT molecular complexity index is 1090. The van der Waals surface area contributed by atoms with E-state index in [-0.39, 0.29) is 17.2 Å². The van der Waals surface area contributed by atoms with Crippen molar-refractivity contribution in [3.8, 4) is 0 Å². The van der Waals surface area contributed by atoms with Crippen LogP contribution in [0, 0.1) is 0 Å². The molecule has 0 N–H and O–H groups in total. The van der Waals surface area contributed by atoms with Crippen LogP contribution in [-0.4, -0.2) is 40.2 Å². The van der Waals surface area contributed by atoms with Gasteiger partial charge in [-0.05, 0) is 23.8 Å². The summed E-state index contributed by atoms with van der Waals surface area (Å²) in [6.07, 6.45) is 0. The number of hydrogen-bond acceptors (Lipinski definition) is 5. The number of aryl methyl sites for hydroxylation is 1. The molecule has 3 rings (SSSR count). The Kier molecular flexibility index (Phi) is 5.75. The van der Waals surface area contributed by atoms with E-state index < -0.39 is 12.6 Å². The van der Waals surface area contributed by atoms with E-state index in [0.29, 0.717) is 22.3 Å². The summed E-state index contributed by atoms with van der Waals surface area (Å²) in [4.78, 5) is 38.3. The van der Waals surface area contributed by atoms with Crippen LogP contribution < -0.4 is 5.56 Å². The number of amides is 1. The molecule has 0 unspecified atom stereocenters. The topological polar surface area (TPSA) is 81.5 Å². The van der Waals surface area contributed by atoms with Gasteiger partial charge in [-0.3, -0.25) is 9.59 Å². The molecule has 8 heteroatoms. The number of rotatable bonds is 5. The van der Waals surface area contributed by atoms with E-state index in [2.05, 4.69) is 5.10 Å². The fourth-order valence-electron chi connectivity index (χ4n) is 2.71.